The number of fused-ring (bicyclic) bond motifs is 7. The Morgan fingerprint density at radius 3 is 2.28 bits per heavy atom. The number of hydrogen-bond donors (Lipinski definition) is 8. The van der Waals surface area contributed by atoms with Crippen LogP contribution in [-0.2, 0) is 28.4 Å². The van der Waals surface area contributed by atoms with Crippen molar-refractivity contribution in [2.45, 2.75) is 177 Å². The quantitative estimate of drug-likeness (QED) is 0.179. The van der Waals surface area contributed by atoms with Gasteiger partial charge in [0.2, 0.25) is 0 Å². The van der Waals surface area contributed by atoms with E-state index in [0.717, 1.165) is 44.1 Å². The van der Waals surface area contributed by atoms with Gasteiger partial charge in [-0.15, -0.1) is 0 Å². The van der Waals surface area contributed by atoms with Gasteiger partial charge in [-0.3, -0.25) is 0 Å². The zero-order valence-corrected chi connectivity index (χ0v) is 31.6. The summed E-state index contributed by atoms with van der Waals surface area (Å²) in [5.74, 6) is -0.0317. The number of aliphatic hydroxyl groups excluding tert-OH is 7. The molecule has 0 aromatic carbocycles. The standard InChI is InChI=1S/C39H62O14/c1-17-8-11-38(48-16-17)19(3)39(47)27(53-38)14-24-22-7-6-20-12-21(41)13-26(37(20,5)23(22)9-10-36(24,39)4)51-35-33(31(45)29(43)25(15-40)50-35)52-34-32(46)30(44)28(42)18(2)49-34/h6,17-19,21-35,40-47H,7-16H2,1-5H3. The first-order chi connectivity index (χ1) is 25.0. The first kappa shape index (κ1) is 39.0. The van der Waals surface area contributed by atoms with Crippen LogP contribution in [0.2, 0.25) is 0 Å². The van der Waals surface area contributed by atoms with Gasteiger partial charge in [-0.2, -0.15) is 0 Å². The fraction of sp³-hybridized carbons (Fsp3) is 0.949. The summed E-state index contributed by atoms with van der Waals surface area (Å²) < 4.78 is 37.8. The van der Waals surface area contributed by atoms with Gasteiger partial charge in [0.05, 0.1) is 37.6 Å². The summed E-state index contributed by atoms with van der Waals surface area (Å²) in [5.41, 5.74) is -0.951. The molecule has 22 unspecified atom stereocenters. The van der Waals surface area contributed by atoms with Gasteiger partial charge in [-0.25, -0.2) is 0 Å². The molecule has 302 valence electrons. The van der Waals surface area contributed by atoms with Gasteiger partial charge in [0.15, 0.2) is 18.4 Å². The van der Waals surface area contributed by atoms with Gasteiger partial charge in [0, 0.05) is 29.6 Å². The summed E-state index contributed by atoms with van der Waals surface area (Å²) in [6.07, 6.45) is -8.17. The molecule has 3 saturated carbocycles. The van der Waals surface area contributed by atoms with E-state index in [0.29, 0.717) is 18.9 Å². The molecule has 7 fully saturated rings. The van der Waals surface area contributed by atoms with Gasteiger partial charge in [-0.1, -0.05) is 39.3 Å². The van der Waals surface area contributed by atoms with Gasteiger partial charge < -0.3 is 69.3 Å². The zero-order valence-electron chi connectivity index (χ0n) is 31.6. The minimum atomic E-state index is -1.68. The van der Waals surface area contributed by atoms with Crippen molar-refractivity contribution < 1.29 is 69.3 Å². The molecular formula is C39H62O14. The molecule has 0 amide bonds. The van der Waals surface area contributed by atoms with Crippen LogP contribution >= 0.6 is 0 Å². The van der Waals surface area contributed by atoms with Gasteiger partial charge in [-0.05, 0) is 69.1 Å². The molecule has 53 heavy (non-hydrogen) atoms. The average Bonchev–Trinajstić information content (AvgIpc) is 3.48. The maximum Gasteiger partial charge on any atom is 0.187 e. The molecule has 14 heteroatoms. The molecule has 14 nitrogen and oxygen atoms in total. The highest BCUT2D eigenvalue weighted by Gasteiger charge is 2.76. The Morgan fingerprint density at radius 2 is 1.58 bits per heavy atom. The molecule has 0 radical (unpaired) electrons. The normalized spacial score (nSPS) is 59.5. The summed E-state index contributed by atoms with van der Waals surface area (Å²) in [4.78, 5) is 0. The molecule has 4 aliphatic carbocycles. The Morgan fingerprint density at radius 1 is 0.830 bits per heavy atom. The molecule has 1 spiro atoms. The second kappa shape index (κ2) is 13.6. The monoisotopic (exact) mass is 754 g/mol. The zero-order chi connectivity index (χ0) is 38.0. The highest BCUT2D eigenvalue weighted by Crippen LogP contribution is 2.72. The molecule has 0 aromatic heterocycles. The summed E-state index contributed by atoms with van der Waals surface area (Å²) in [7, 11) is 0. The highest BCUT2D eigenvalue weighted by atomic mass is 16.8. The lowest BCUT2D eigenvalue weighted by molar-refractivity contribution is -0.374. The van der Waals surface area contributed by atoms with E-state index < -0.39 is 102 Å². The smallest absolute Gasteiger partial charge is 0.187 e. The number of hydrogen-bond acceptors (Lipinski definition) is 14. The minimum absolute atomic E-state index is 0.115. The maximum atomic E-state index is 12.8. The predicted molar refractivity (Wildman–Crippen MR) is 184 cm³/mol. The van der Waals surface area contributed by atoms with E-state index in [2.05, 4.69) is 33.8 Å². The van der Waals surface area contributed by atoms with Crippen LogP contribution in [0.4, 0.5) is 0 Å². The second-order valence-electron chi connectivity index (χ2n) is 18.4. The summed E-state index contributed by atoms with van der Waals surface area (Å²) in [5, 5.41) is 87.8. The molecule has 4 heterocycles. The summed E-state index contributed by atoms with van der Waals surface area (Å²) in [6.45, 7) is 10.2. The molecule has 4 aliphatic heterocycles. The Labute approximate surface area is 311 Å². The highest BCUT2D eigenvalue weighted by molar-refractivity contribution is 5.30. The van der Waals surface area contributed by atoms with E-state index in [4.69, 9.17) is 28.4 Å². The lowest BCUT2D eigenvalue weighted by atomic mass is 9.45. The number of ether oxygens (including phenoxy) is 6. The fourth-order valence-corrected chi connectivity index (χ4v) is 12.6. The third kappa shape index (κ3) is 5.64. The first-order valence-corrected chi connectivity index (χ1v) is 20.0. The topological polar surface area (TPSA) is 217 Å². The van der Waals surface area contributed by atoms with Crippen molar-refractivity contribution in [3.05, 3.63) is 11.6 Å². The van der Waals surface area contributed by atoms with Crippen LogP contribution in [-0.4, -0.2) is 145 Å². The van der Waals surface area contributed by atoms with E-state index >= 15 is 0 Å². The van der Waals surface area contributed by atoms with Crippen molar-refractivity contribution in [1.82, 2.24) is 0 Å². The van der Waals surface area contributed by atoms with Crippen molar-refractivity contribution in [2.75, 3.05) is 13.2 Å². The van der Waals surface area contributed by atoms with Crippen LogP contribution in [0.5, 0.6) is 0 Å². The van der Waals surface area contributed by atoms with Crippen molar-refractivity contribution in [3.63, 3.8) is 0 Å². The minimum Gasteiger partial charge on any atom is -0.394 e. The maximum absolute atomic E-state index is 12.8. The van der Waals surface area contributed by atoms with Crippen LogP contribution in [0, 0.1) is 40.4 Å². The van der Waals surface area contributed by atoms with Gasteiger partial charge in [0.1, 0.15) is 48.3 Å². The van der Waals surface area contributed by atoms with Crippen LogP contribution in [0.3, 0.4) is 0 Å². The van der Waals surface area contributed by atoms with Crippen LogP contribution in [0.25, 0.3) is 0 Å². The molecule has 8 rings (SSSR count). The lowest BCUT2D eigenvalue weighted by Crippen LogP contribution is -2.65. The number of aliphatic hydroxyl groups is 8. The van der Waals surface area contributed by atoms with Crippen molar-refractivity contribution in [1.29, 1.82) is 0 Å². The van der Waals surface area contributed by atoms with Crippen LogP contribution in [0.1, 0.15) is 86.0 Å². The van der Waals surface area contributed by atoms with Crippen LogP contribution < -0.4 is 0 Å². The Balaban J connectivity index is 1.07. The van der Waals surface area contributed by atoms with Gasteiger partial charge >= 0.3 is 0 Å². The molecule has 0 aromatic rings. The Hall–Kier alpha value is -0.820. The van der Waals surface area contributed by atoms with E-state index in [1.807, 2.05) is 0 Å². The molecule has 8 N–H and O–H groups in total. The van der Waals surface area contributed by atoms with E-state index in [9.17, 15) is 40.9 Å². The lowest BCUT2D eigenvalue weighted by Gasteiger charge is -2.61. The van der Waals surface area contributed by atoms with E-state index in [1.54, 1.807) is 0 Å². The first-order valence-electron chi connectivity index (χ1n) is 20.0. The van der Waals surface area contributed by atoms with E-state index in [-0.39, 0.29) is 36.2 Å². The molecular weight excluding hydrogens is 692 g/mol. The van der Waals surface area contributed by atoms with Gasteiger partial charge in [0.25, 0.3) is 0 Å². The third-order valence-electron chi connectivity index (χ3n) is 15.9. The number of rotatable bonds is 5. The molecule has 22 atom stereocenters. The van der Waals surface area contributed by atoms with Crippen molar-refractivity contribution in [3.8, 4) is 0 Å². The molecule has 8 aliphatic rings. The van der Waals surface area contributed by atoms with Crippen molar-refractivity contribution in [2.24, 2.45) is 40.4 Å². The average molecular weight is 755 g/mol. The largest absolute Gasteiger partial charge is 0.394 e. The molecule has 0 bridgehead atoms. The third-order valence-corrected chi connectivity index (χ3v) is 15.9. The Kier molecular flexibility index (Phi) is 10.0. The SMILES string of the molecule is CC1CCC2(OC1)OC1CC3C4CC=C5CC(O)CC(OC6OC(CO)C(O)C(O)C6OC6OC(C)C(O)C(O)C6O)C5(C)C4CCC3(C)C1(O)C2C. The fourth-order valence-electron chi connectivity index (χ4n) is 12.6. The van der Waals surface area contributed by atoms with Crippen molar-refractivity contribution >= 4 is 0 Å². The van der Waals surface area contributed by atoms with Crippen LogP contribution in [0.15, 0.2) is 11.6 Å². The predicted octanol–water partition coefficient (Wildman–Crippen LogP) is 0.476. The summed E-state index contributed by atoms with van der Waals surface area (Å²) in [6, 6.07) is 0. The molecule has 4 saturated heterocycles. The summed E-state index contributed by atoms with van der Waals surface area (Å²) >= 11 is 0. The Bertz CT molecular complexity index is 1390. The second-order valence-corrected chi connectivity index (χ2v) is 18.4. The number of allylic oxidation sites excluding steroid dienone is 1. The van der Waals surface area contributed by atoms with E-state index in [1.165, 1.54) is 6.92 Å².